The van der Waals surface area contributed by atoms with Crippen molar-refractivity contribution >= 4 is 11.7 Å². The molecule has 0 heterocycles. The Morgan fingerprint density at radius 1 is 1.44 bits per heavy atom. The zero-order valence-corrected chi connectivity index (χ0v) is 11.3. The van der Waals surface area contributed by atoms with Gasteiger partial charge in [-0.2, -0.15) is 0 Å². The number of carboxylic acid groups (broad SMARTS) is 1. The molecule has 1 atom stereocenters. The van der Waals surface area contributed by atoms with Gasteiger partial charge in [0, 0.05) is 18.3 Å². The number of rotatable bonds is 6. The average Bonchev–Trinajstić information content (AvgIpc) is 2.28. The fourth-order valence-electron chi connectivity index (χ4n) is 2.11. The number of nitrogens with zero attached hydrogens (tertiary/aromatic N) is 1. The number of anilines is 1. The number of carbonyl (C=O) groups is 1. The first kappa shape index (κ1) is 14.5. The van der Waals surface area contributed by atoms with E-state index in [-0.39, 0.29) is 6.04 Å². The standard InChI is InChI=1S/C14H22N2O2/c1-4-13(14(17)18)16(10(2)3)9-11-6-5-7-12(15)8-11/h5-8,10,13H,4,9,15H2,1-3H3,(H,17,18). The number of hydrogen-bond acceptors (Lipinski definition) is 3. The van der Waals surface area contributed by atoms with E-state index in [1.807, 2.05) is 49.9 Å². The predicted molar refractivity (Wildman–Crippen MR) is 73.2 cm³/mol. The molecular weight excluding hydrogens is 228 g/mol. The van der Waals surface area contributed by atoms with Crippen molar-refractivity contribution in [1.29, 1.82) is 0 Å². The molecule has 0 aromatic heterocycles. The second-order valence-electron chi connectivity index (χ2n) is 4.77. The second kappa shape index (κ2) is 6.40. The summed E-state index contributed by atoms with van der Waals surface area (Å²) in [6.45, 7) is 6.52. The molecule has 1 unspecified atom stereocenters. The van der Waals surface area contributed by atoms with Crippen LogP contribution in [0.15, 0.2) is 24.3 Å². The van der Waals surface area contributed by atoms with Gasteiger partial charge in [0.15, 0.2) is 0 Å². The van der Waals surface area contributed by atoms with E-state index >= 15 is 0 Å². The van der Waals surface area contributed by atoms with Gasteiger partial charge in [-0.1, -0.05) is 19.1 Å². The third kappa shape index (κ3) is 3.74. The summed E-state index contributed by atoms with van der Waals surface area (Å²) in [7, 11) is 0. The molecule has 1 aromatic rings. The SMILES string of the molecule is CCC(C(=O)O)N(Cc1cccc(N)c1)C(C)C. The van der Waals surface area contributed by atoms with E-state index in [0.717, 1.165) is 5.56 Å². The Hall–Kier alpha value is -1.55. The highest BCUT2D eigenvalue weighted by atomic mass is 16.4. The first-order chi connectivity index (χ1) is 8.45. The molecule has 0 bridgehead atoms. The van der Waals surface area contributed by atoms with E-state index < -0.39 is 12.0 Å². The number of carboxylic acids is 1. The van der Waals surface area contributed by atoms with Crippen LogP contribution in [0.25, 0.3) is 0 Å². The molecule has 4 heteroatoms. The van der Waals surface area contributed by atoms with Crippen LogP contribution in [-0.2, 0) is 11.3 Å². The molecule has 3 N–H and O–H groups in total. The summed E-state index contributed by atoms with van der Waals surface area (Å²) in [5.74, 6) is -0.768. The summed E-state index contributed by atoms with van der Waals surface area (Å²) in [6.07, 6.45) is 0.593. The minimum atomic E-state index is -0.768. The van der Waals surface area contributed by atoms with Crippen molar-refractivity contribution in [3.05, 3.63) is 29.8 Å². The Labute approximate surface area is 108 Å². The molecule has 0 aliphatic heterocycles. The Bertz CT molecular complexity index is 405. The van der Waals surface area contributed by atoms with Gasteiger partial charge in [-0.25, -0.2) is 0 Å². The van der Waals surface area contributed by atoms with Crippen molar-refractivity contribution in [2.45, 2.75) is 45.8 Å². The minimum absolute atomic E-state index is 0.174. The molecule has 1 rings (SSSR count). The Kier molecular flexibility index (Phi) is 5.16. The molecule has 4 nitrogen and oxygen atoms in total. The average molecular weight is 250 g/mol. The fourth-order valence-corrected chi connectivity index (χ4v) is 2.11. The van der Waals surface area contributed by atoms with Crippen LogP contribution in [0.4, 0.5) is 5.69 Å². The molecule has 0 spiro atoms. The Morgan fingerprint density at radius 3 is 2.56 bits per heavy atom. The Morgan fingerprint density at radius 2 is 2.11 bits per heavy atom. The van der Waals surface area contributed by atoms with E-state index in [1.54, 1.807) is 0 Å². The van der Waals surface area contributed by atoms with E-state index in [4.69, 9.17) is 5.73 Å². The summed E-state index contributed by atoms with van der Waals surface area (Å²) in [5.41, 5.74) is 7.50. The van der Waals surface area contributed by atoms with Gasteiger partial charge in [-0.3, -0.25) is 9.69 Å². The molecule has 0 saturated carbocycles. The molecular formula is C14H22N2O2. The minimum Gasteiger partial charge on any atom is -0.480 e. The topological polar surface area (TPSA) is 66.6 Å². The summed E-state index contributed by atoms with van der Waals surface area (Å²) >= 11 is 0. The van der Waals surface area contributed by atoms with Crippen LogP contribution in [0.5, 0.6) is 0 Å². The van der Waals surface area contributed by atoms with Crippen molar-refractivity contribution in [2.75, 3.05) is 5.73 Å². The van der Waals surface area contributed by atoms with Crippen molar-refractivity contribution in [2.24, 2.45) is 0 Å². The van der Waals surface area contributed by atoms with E-state index in [0.29, 0.717) is 18.7 Å². The van der Waals surface area contributed by atoms with Gasteiger partial charge >= 0.3 is 5.97 Å². The van der Waals surface area contributed by atoms with Crippen LogP contribution < -0.4 is 5.73 Å². The van der Waals surface area contributed by atoms with Crippen LogP contribution in [-0.4, -0.2) is 28.1 Å². The third-order valence-corrected chi connectivity index (χ3v) is 3.05. The molecule has 1 aromatic carbocycles. The molecule has 0 radical (unpaired) electrons. The predicted octanol–water partition coefficient (Wildman–Crippen LogP) is 2.34. The quantitative estimate of drug-likeness (QED) is 0.760. The lowest BCUT2D eigenvalue weighted by Gasteiger charge is -2.31. The molecule has 0 saturated heterocycles. The van der Waals surface area contributed by atoms with Gasteiger partial charge in [-0.15, -0.1) is 0 Å². The van der Waals surface area contributed by atoms with Crippen LogP contribution >= 0.6 is 0 Å². The van der Waals surface area contributed by atoms with Gasteiger partial charge in [0.2, 0.25) is 0 Å². The lowest BCUT2D eigenvalue weighted by atomic mass is 10.1. The van der Waals surface area contributed by atoms with Crippen LogP contribution in [0, 0.1) is 0 Å². The summed E-state index contributed by atoms with van der Waals surface area (Å²) in [5, 5.41) is 9.26. The molecule has 0 amide bonds. The van der Waals surface area contributed by atoms with Crippen molar-refractivity contribution in [1.82, 2.24) is 4.90 Å². The Balaban J connectivity index is 2.89. The van der Waals surface area contributed by atoms with Gasteiger partial charge in [-0.05, 0) is 38.0 Å². The summed E-state index contributed by atoms with van der Waals surface area (Å²) in [6, 6.07) is 7.31. The maximum absolute atomic E-state index is 11.3. The van der Waals surface area contributed by atoms with Gasteiger partial charge < -0.3 is 10.8 Å². The molecule has 18 heavy (non-hydrogen) atoms. The van der Waals surface area contributed by atoms with E-state index in [1.165, 1.54) is 0 Å². The highest BCUT2D eigenvalue weighted by Gasteiger charge is 2.25. The smallest absolute Gasteiger partial charge is 0.320 e. The number of benzene rings is 1. The van der Waals surface area contributed by atoms with Crippen molar-refractivity contribution in [3.8, 4) is 0 Å². The highest BCUT2D eigenvalue weighted by Crippen LogP contribution is 2.16. The van der Waals surface area contributed by atoms with Crippen molar-refractivity contribution < 1.29 is 9.90 Å². The number of nitrogens with two attached hydrogens (primary N) is 1. The van der Waals surface area contributed by atoms with Gasteiger partial charge in [0.1, 0.15) is 6.04 Å². The fraction of sp³-hybridized carbons (Fsp3) is 0.500. The van der Waals surface area contributed by atoms with E-state index in [9.17, 15) is 9.90 Å². The molecule has 0 fully saturated rings. The van der Waals surface area contributed by atoms with Crippen molar-refractivity contribution in [3.63, 3.8) is 0 Å². The molecule has 0 aliphatic rings. The maximum atomic E-state index is 11.3. The molecule has 0 aliphatic carbocycles. The number of hydrogen-bond donors (Lipinski definition) is 2. The monoisotopic (exact) mass is 250 g/mol. The summed E-state index contributed by atoms with van der Waals surface area (Å²) < 4.78 is 0. The summed E-state index contributed by atoms with van der Waals surface area (Å²) in [4.78, 5) is 13.3. The van der Waals surface area contributed by atoms with Crippen LogP contribution in [0.1, 0.15) is 32.8 Å². The zero-order chi connectivity index (χ0) is 13.7. The highest BCUT2D eigenvalue weighted by molar-refractivity contribution is 5.73. The first-order valence-electron chi connectivity index (χ1n) is 6.28. The maximum Gasteiger partial charge on any atom is 0.320 e. The van der Waals surface area contributed by atoms with E-state index in [2.05, 4.69) is 0 Å². The number of nitrogen functional groups attached to an aromatic ring is 1. The largest absolute Gasteiger partial charge is 0.480 e. The zero-order valence-electron chi connectivity index (χ0n) is 11.3. The lowest BCUT2D eigenvalue weighted by molar-refractivity contribution is -0.144. The van der Waals surface area contributed by atoms with Crippen LogP contribution in [0.3, 0.4) is 0 Å². The van der Waals surface area contributed by atoms with Gasteiger partial charge in [0.25, 0.3) is 0 Å². The third-order valence-electron chi connectivity index (χ3n) is 3.05. The molecule has 100 valence electrons. The second-order valence-corrected chi connectivity index (χ2v) is 4.77. The lowest BCUT2D eigenvalue weighted by Crippen LogP contribution is -2.44. The number of aliphatic carboxylic acids is 1. The van der Waals surface area contributed by atoms with Crippen LogP contribution in [0.2, 0.25) is 0 Å². The first-order valence-corrected chi connectivity index (χ1v) is 6.28. The van der Waals surface area contributed by atoms with Gasteiger partial charge in [0.05, 0.1) is 0 Å². The normalized spacial score (nSPS) is 12.9.